The van der Waals surface area contributed by atoms with Crippen molar-refractivity contribution in [3.05, 3.63) is 65.7 Å². The molecule has 0 unspecified atom stereocenters. The molecule has 0 radical (unpaired) electrons. The first-order valence-electron chi connectivity index (χ1n) is 7.31. The predicted octanol–water partition coefficient (Wildman–Crippen LogP) is 2.23. The molecule has 0 saturated carbocycles. The van der Waals surface area contributed by atoms with Crippen molar-refractivity contribution in [2.75, 3.05) is 25.5 Å². The molecule has 23 heavy (non-hydrogen) atoms. The molecule has 0 aliphatic carbocycles. The second-order valence-electron chi connectivity index (χ2n) is 5.27. The van der Waals surface area contributed by atoms with E-state index in [1.165, 1.54) is 0 Å². The van der Waals surface area contributed by atoms with Gasteiger partial charge in [0, 0.05) is 25.3 Å². The predicted molar refractivity (Wildman–Crippen MR) is 89.3 cm³/mol. The number of carbonyl (C=O) groups excluding carboxylic acids is 2. The van der Waals surface area contributed by atoms with E-state index in [1.54, 1.807) is 18.2 Å². The molecule has 5 nitrogen and oxygen atoms in total. The van der Waals surface area contributed by atoms with Crippen LogP contribution in [0.5, 0.6) is 0 Å². The number of carbonyl (C=O) groups is 2. The SMILES string of the molecule is CN(C)c1cccc(C(=O)NCC(=O)OCc2ccccc2)c1. The molecule has 1 N–H and O–H groups in total. The zero-order valence-corrected chi connectivity index (χ0v) is 13.3. The van der Waals surface area contributed by atoms with Gasteiger partial charge in [0.2, 0.25) is 0 Å². The van der Waals surface area contributed by atoms with Gasteiger partial charge in [0.25, 0.3) is 5.91 Å². The molecule has 0 fully saturated rings. The molecule has 0 bridgehead atoms. The van der Waals surface area contributed by atoms with E-state index in [2.05, 4.69) is 5.32 Å². The van der Waals surface area contributed by atoms with E-state index >= 15 is 0 Å². The van der Waals surface area contributed by atoms with Crippen molar-refractivity contribution in [1.82, 2.24) is 5.32 Å². The number of ether oxygens (including phenoxy) is 1. The Morgan fingerprint density at radius 1 is 1.04 bits per heavy atom. The summed E-state index contributed by atoms with van der Waals surface area (Å²) in [6.45, 7) is 0.0452. The van der Waals surface area contributed by atoms with Gasteiger partial charge < -0.3 is 15.0 Å². The Hall–Kier alpha value is -2.82. The van der Waals surface area contributed by atoms with Crippen molar-refractivity contribution in [2.24, 2.45) is 0 Å². The Morgan fingerprint density at radius 3 is 2.48 bits per heavy atom. The second-order valence-corrected chi connectivity index (χ2v) is 5.27. The van der Waals surface area contributed by atoms with E-state index in [4.69, 9.17) is 4.74 Å². The van der Waals surface area contributed by atoms with Crippen LogP contribution in [0.3, 0.4) is 0 Å². The lowest BCUT2D eigenvalue weighted by Crippen LogP contribution is -2.30. The van der Waals surface area contributed by atoms with Crippen molar-refractivity contribution < 1.29 is 14.3 Å². The average molecular weight is 312 g/mol. The number of benzene rings is 2. The lowest BCUT2D eigenvalue weighted by molar-refractivity contribution is -0.143. The highest BCUT2D eigenvalue weighted by molar-refractivity contribution is 5.96. The molecule has 0 aliphatic rings. The highest BCUT2D eigenvalue weighted by Crippen LogP contribution is 2.13. The number of rotatable bonds is 6. The van der Waals surface area contributed by atoms with Crippen molar-refractivity contribution >= 4 is 17.6 Å². The molecule has 120 valence electrons. The number of hydrogen-bond donors (Lipinski definition) is 1. The lowest BCUT2D eigenvalue weighted by Gasteiger charge is -2.13. The summed E-state index contributed by atoms with van der Waals surface area (Å²) in [5, 5.41) is 2.57. The summed E-state index contributed by atoms with van der Waals surface area (Å²) in [5.41, 5.74) is 2.34. The van der Waals surface area contributed by atoms with E-state index in [-0.39, 0.29) is 19.1 Å². The smallest absolute Gasteiger partial charge is 0.325 e. The topological polar surface area (TPSA) is 58.6 Å². The number of hydrogen-bond acceptors (Lipinski definition) is 4. The quantitative estimate of drug-likeness (QED) is 0.831. The van der Waals surface area contributed by atoms with E-state index in [1.807, 2.05) is 55.4 Å². The maximum atomic E-state index is 12.1. The number of anilines is 1. The van der Waals surface area contributed by atoms with Crippen LogP contribution in [-0.4, -0.2) is 32.5 Å². The molecule has 0 aromatic heterocycles. The van der Waals surface area contributed by atoms with Gasteiger partial charge in [0.15, 0.2) is 0 Å². The molecule has 0 atom stereocenters. The molecule has 1 amide bonds. The molecular weight excluding hydrogens is 292 g/mol. The van der Waals surface area contributed by atoms with Crippen molar-refractivity contribution in [1.29, 1.82) is 0 Å². The zero-order chi connectivity index (χ0) is 16.7. The molecule has 2 aromatic carbocycles. The van der Waals surface area contributed by atoms with Crippen LogP contribution in [-0.2, 0) is 16.1 Å². The van der Waals surface area contributed by atoms with Crippen molar-refractivity contribution in [2.45, 2.75) is 6.61 Å². The van der Waals surface area contributed by atoms with Crippen LogP contribution in [0.4, 0.5) is 5.69 Å². The van der Waals surface area contributed by atoms with Gasteiger partial charge in [-0.1, -0.05) is 36.4 Å². The average Bonchev–Trinajstić information content (AvgIpc) is 2.58. The summed E-state index contributed by atoms with van der Waals surface area (Å²) >= 11 is 0. The maximum Gasteiger partial charge on any atom is 0.325 e. The maximum absolute atomic E-state index is 12.1. The van der Waals surface area contributed by atoms with Gasteiger partial charge >= 0.3 is 5.97 Å². The van der Waals surface area contributed by atoms with Crippen molar-refractivity contribution in [3.8, 4) is 0 Å². The van der Waals surface area contributed by atoms with Gasteiger partial charge in [-0.3, -0.25) is 9.59 Å². The van der Waals surface area contributed by atoms with Crippen LogP contribution in [0.1, 0.15) is 15.9 Å². The third kappa shape index (κ3) is 5.14. The second kappa shape index (κ2) is 7.98. The van der Waals surface area contributed by atoms with Crippen molar-refractivity contribution in [3.63, 3.8) is 0 Å². The summed E-state index contributed by atoms with van der Waals surface area (Å²) in [6.07, 6.45) is 0. The molecule has 0 saturated heterocycles. The molecule has 2 aromatic rings. The third-order valence-corrected chi connectivity index (χ3v) is 3.26. The molecule has 0 aliphatic heterocycles. The molecule has 5 heteroatoms. The van der Waals surface area contributed by atoms with Crippen LogP contribution in [0.25, 0.3) is 0 Å². The molecule has 2 rings (SSSR count). The Kier molecular flexibility index (Phi) is 5.74. The van der Waals surface area contributed by atoms with Gasteiger partial charge in [-0.25, -0.2) is 0 Å². The number of nitrogens with one attached hydrogen (secondary N) is 1. The van der Waals surface area contributed by atoms with Gasteiger partial charge in [-0.2, -0.15) is 0 Å². The van der Waals surface area contributed by atoms with E-state index in [9.17, 15) is 9.59 Å². The molecular formula is C18H20N2O3. The highest BCUT2D eigenvalue weighted by atomic mass is 16.5. The molecule has 0 spiro atoms. The Labute approximate surface area is 135 Å². The first kappa shape index (κ1) is 16.5. The standard InChI is InChI=1S/C18H20N2O3/c1-20(2)16-10-6-9-15(11-16)18(22)19-12-17(21)23-13-14-7-4-3-5-8-14/h3-11H,12-13H2,1-2H3,(H,19,22). The first-order valence-corrected chi connectivity index (χ1v) is 7.31. The minimum Gasteiger partial charge on any atom is -0.460 e. The first-order chi connectivity index (χ1) is 11.1. The Balaban J connectivity index is 1.82. The Morgan fingerprint density at radius 2 is 1.78 bits per heavy atom. The van der Waals surface area contributed by atoms with Gasteiger partial charge in [0.05, 0.1) is 0 Å². The number of nitrogens with zero attached hydrogens (tertiary/aromatic N) is 1. The summed E-state index contributed by atoms with van der Waals surface area (Å²) in [4.78, 5) is 25.7. The van der Waals surface area contributed by atoms with Gasteiger partial charge in [-0.15, -0.1) is 0 Å². The zero-order valence-electron chi connectivity index (χ0n) is 13.3. The van der Waals surface area contributed by atoms with Crippen LogP contribution < -0.4 is 10.2 Å². The number of amides is 1. The summed E-state index contributed by atoms with van der Waals surface area (Å²) in [7, 11) is 3.80. The lowest BCUT2D eigenvalue weighted by atomic mass is 10.2. The summed E-state index contributed by atoms with van der Waals surface area (Å²) in [6, 6.07) is 16.6. The fourth-order valence-electron chi connectivity index (χ4n) is 1.97. The number of esters is 1. The monoisotopic (exact) mass is 312 g/mol. The third-order valence-electron chi connectivity index (χ3n) is 3.26. The van der Waals surface area contributed by atoms with Gasteiger partial charge in [0.1, 0.15) is 13.2 Å². The Bertz CT molecular complexity index is 669. The summed E-state index contributed by atoms with van der Waals surface area (Å²) in [5.74, 6) is -0.767. The fourth-order valence-corrected chi connectivity index (χ4v) is 1.97. The normalized spacial score (nSPS) is 10.0. The van der Waals surface area contributed by atoms with Crippen LogP contribution in [0.2, 0.25) is 0 Å². The highest BCUT2D eigenvalue weighted by Gasteiger charge is 2.10. The van der Waals surface area contributed by atoms with Crippen LogP contribution >= 0.6 is 0 Å². The van der Waals surface area contributed by atoms with E-state index < -0.39 is 5.97 Å². The van der Waals surface area contributed by atoms with Crippen LogP contribution in [0.15, 0.2) is 54.6 Å². The summed E-state index contributed by atoms with van der Waals surface area (Å²) < 4.78 is 5.11. The minimum atomic E-state index is -0.467. The minimum absolute atomic E-state index is 0.155. The van der Waals surface area contributed by atoms with Gasteiger partial charge in [-0.05, 0) is 23.8 Å². The van der Waals surface area contributed by atoms with Crippen LogP contribution in [0, 0.1) is 0 Å². The van der Waals surface area contributed by atoms with E-state index in [0.717, 1.165) is 11.3 Å². The van der Waals surface area contributed by atoms with E-state index in [0.29, 0.717) is 5.56 Å². The fraction of sp³-hybridized carbons (Fsp3) is 0.222. The molecule has 0 heterocycles. The largest absolute Gasteiger partial charge is 0.460 e.